The lowest BCUT2D eigenvalue weighted by Gasteiger charge is -2.22. The van der Waals surface area contributed by atoms with Crippen LogP contribution in [0.2, 0.25) is 0 Å². The largest absolute Gasteiger partial charge is 0.490 e. The molecule has 1 aromatic heterocycles. The average molecular weight is 304 g/mol. The van der Waals surface area contributed by atoms with Crippen molar-refractivity contribution in [3.63, 3.8) is 0 Å². The van der Waals surface area contributed by atoms with E-state index in [0.717, 1.165) is 30.4 Å². The zero-order chi connectivity index (χ0) is 15.7. The molecule has 1 N–H and O–H groups in total. The number of benzene rings is 1. The van der Waals surface area contributed by atoms with Gasteiger partial charge < -0.3 is 14.6 Å². The summed E-state index contributed by atoms with van der Waals surface area (Å²) in [6.07, 6.45) is 3.84. The maximum Gasteiger partial charge on any atom is 0.339 e. The zero-order valence-corrected chi connectivity index (χ0v) is 12.8. The molecule has 6 nitrogen and oxygen atoms in total. The monoisotopic (exact) mass is 304 g/mol. The van der Waals surface area contributed by atoms with Crippen LogP contribution in [0.5, 0.6) is 5.75 Å². The Kier molecular flexibility index (Phi) is 4.02. The molecule has 1 aliphatic heterocycles. The fourth-order valence-corrected chi connectivity index (χ4v) is 2.71. The van der Waals surface area contributed by atoms with Gasteiger partial charge in [0.15, 0.2) is 0 Å². The van der Waals surface area contributed by atoms with Gasteiger partial charge >= 0.3 is 5.97 Å². The lowest BCUT2D eigenvalue weighted by Crippen LogP contribution is -2.21. The molecule has 0 bridgehead atoms. The Hall–Kier alpha value is -2.08. The highest BCUT2D eigenvalue weighted by molar-refractivity contribution is 5.96. The summed E-state index contributed by atoms with van der Waals surface area (Å²) in [6, 6.07) is 3.55. The van der Waals surface area contributed by atoms with Gasteiger partial charge in [0.2, 0.25) is 0 Å². The molecule has 1 aliphatic rings. The van der Waals surface area contributed by atoms with Crippen molar-refractivity contribution in [1.82, 2.24) is 9.78 Å². The van der Waals surface area contributed by atoms with Crippen molar-refractivity contribution in [2.24, 2.45) is 0 Å². The van der Waals surface area contributed by atoms with Crippen LogP contribution >= 0.6 is 0 Å². The zero-order valence-electron chi connectivity index (χ0n) is 12.8. The van der Waals surface area contributed by atoms with E-state index in [1.807, 2.05) is 24.7 Å². The van der Waals surface area contributed by atoms with Crippen LogP contribution in [0.15, 0.2) is 18.3 Å². The molecule has 1 fully saturated rings. The summed E-state index contributed by atoms with van der Waals surface area (Å²) in [5, 5.41) is 14.7. The van der Waals surface area contributed by atoms with Gasteiger partial charge in [-0.3, -0.25) is 4.68 Å². The highest BCUT2D eigenvalue weighted by Crippen LogP contribution is 2.28. The summed E-state index contributed by atoms with van der Waals surface area (Å²) in [5.74, 6) is -0.633. The molecule has 1 saturated heterocycles. The van der Waals surface area contributed by atoms with Gasteiger partial charge in [-0.05, 0) is 32.8 Å². The molecule has 22 heavy (non-hydrogen) atoms. The minimum atomic E-state index is -0.994. The Balaban J connectivity index is 2.01. The van der Waals surface area contributed by atoms with E-state index in [0.29, 0.717) is 12.4 Å². The molecule has 0 saturated carbocycles. The summed E-state index contributed by atoms with van der Waals surface area (Å²) < 4.78 is 13.0. The van der Waals surface area contributed by atoms with Gasteiger partial charge in [0.25, 0.3) is 0 Å². The van der Waals surface area contributed by atoms with E-state index in [-0.39, 0.29) is 17.7 Å². The highest BCUT2D eigenvalue weighted by atomic mass is 16.5. The SMILES string of the molecule is CC(C)Oc1cc2nn(C3CCCOC3)cc2cc1C(=O)O. The van der Waals surface area contributed by atoms with Crippen LogP contribution in [0, 0.1) is 0 Å². The van der Waals surface area contributed by atoms with Crippen LogP contribution in [-0.4, -0.2) is 40.2 Å². The molecule has 118 valence electrons. The average Bonchev–Trinajstić information content (AvgIpc) is 2.89. The first kappa shape index (κ1) is 14.8. The molecule has 0 radical (unpaired) electrons. The lowest BCUT2D eigenvalue weighted by molar-refractivity contribution is 0.0552. The van der Waals surface area contributed by atoms with Crippen molar-refractivity contribution in [3.05, 3.63) is 23.9 Å². The van der Waals surface area contributed by atoms with E-state index in [4.69, 9.17) is 9.47 Å². The van der Waals surface area contributed by atoms with E-state index in [1.165, 1.54) is 0 Å². The molecule has 2 heterocycles. The third kappa shape index (κ3) is 2.92. The summed E-state index contributed by atoms with van der Waals surface area (Å²) in [6.45, 7) is 5.18. The number of carboxylic acids is 1. The number of fused-ring (bicyclic) bond motifs is 1. The second-order valence-corrected chi connectivity index (χ2v) is 5.86. The maximum absolute atomic E-state index is 11.4. The van der Waals surface area contributed by atoms with E-state index < -0.39 is 5.97 Å². The van der Waals surface area contributed by atoms with E-state index in [2.05, 4.69) is 5.10 Å². The van der Waals surface area contributed by atoms with Crippen LogP contribution < -0.4 is 4.74 Å². The Morgan fingerprint density at radius 3 is 2.95 bits per heavy atom. The molecule has 0 amide bonds. The number of rotatable bonds is 4. The summed E-state index contributed by atoms with van der Waals surface area (Å²) in [4.78, 5) is 11.4. The number of carboxylic acid groups (broad SMARTS) is 1. The van der Waals surface area contributed by atoms with Gasteiger partial charge in [0.1, 0.15) is 11.3 Å². The quantitative estimate of drug-likeness (QED) is 0.940. The van der Waals surface area contributed by atoms with Crippen molar-refractivity contribution < 1.29 is 19.4 Å². The first-order valence-corrected chi connectivity index (χ1v) is 7.55. The highest BCUT2D eigenvalue weighted by Gasteiger charge is 2.20. The maximum atomic E-state index is 11.4. The molecule has 3 rings (SSSR count). The number of hydrogen-bond acceptors (Lipinski definition) is 4. The second kappa shape index (κ2) is 5.96. The lowest BCUT2D eigenvalue weighted by atomic mass is 10.1. The van der Waals surface area contributed by atoms with Crippen LogP contribution in [0.3, 0.4) is 0 Å². The number of aromatic nitrogens is 2. The smallest absolute Gasteiger partial charge is 0.339 e. The third-order valence-corrected chi connectivity index (χ3v) is 3.73. The normalized spacial score (nSPS) is 18.8. The summed E-state index contributed by atoms with van der Waals surface area (Å²) in [7, 11) is 0. The summed E-state index contributed by atoms with van der Waals surface area (Å²) >= 11 is 0. The fraction of sp³-hybridized carbons (Fsp3) is 0.500. The molecule has 2 aromatic rings. The van der Waals surface area contributed by atoms with Gasteiger partial charge in [-0.15, -0.1) is 0 Å². The third-order valence-electron chi connectivity index (χ3n) is 3.73. The van der Waals surface area contributed by atoms with Gasteiger partial charge in [0, 0.05) is 24.3 Å². The number of aromatic carboxylic acids is 1. The Bertz CT molecular complexity index is 687. The predicted molar refractivity (Wildman–Crippen MR) is 81.5 cm³/mol. The van der Waals surface area contributed by atoms with Crippen LogP contribution in [0.25, 0.3) is 10.9 Å². The van der Waals surface area contributed by atoms with Crippen LogP contribution in [0.4, 0.5) is 0 Å². The van der Waals surface area contributed by atoms with Gasteiger partial charge in [0.05, 0.1) is 24.3 Å². The Morgan fingerprint density at radius 2 is 2.32 bits per heavy atom. The van der Waals surface area contributed by atoms with Crippen LogP contribution in [-0.2, 0) is 4.74 Å². The predicted octanol–water partition coefficient (Wildman–Crippen LogP) is 2.87. The van der Waals surface area contributed by atoms with E-state index >= 15 is 0 Å². The van der Waals surface area contributed by atoms with Gasteiger partial charge in [-0.1, -0.05) is 0 Å². The minimum Gasteiger partial charge on any atom is -0.490 e. The van der Waals surface area contributed by atoms with Crippen molar-refractivity contribution in [1.29, 1.82) is 0 Å². The van der Waals surface area contributed by atoms with E-state index in [9.17, 15) is 9.90 Å². The second-order valence-electron chi connectivity index (χ2n) is 5.86. The molecule has 0 spiro atoms. The molecule has 1 aromatic carbocycles. The summed E-state index contributed by atoms with van der Waals surface area (Å²) in [5.41, 5.74) is 0.909. The molecule has 0 aliphatic carbocycles. The van der Waals surface area contributed by atoms with E-state index in [1.54, 1.807) is 12.1 Å². The fourth-order valence-electron chi connectivity index (χ4n) is 2.71. The number of nitrogens with zero attached hydrogens (tertiary/aromatic N) is 2. The number of carbonyl (C=O) groups is 1. The van der Waals surface area contributed by atoms with Crippen molar-refractivity contribution in [2.45, 2.75) is 38.8 Å². The van der Waals surface area contributed by atoms with Gasteiger partial charge in [-0.2, -0.15) is 5.10 Å². The van der Waals surface area contributed by atoms with Crippen LogP contribution in [0.1, 0.15) is 43.1 Å². The Labute approximate surface area is 128 Å². The topological polar surface area (TPSA) is 73.6 Å². The first-order valence-electron chi connectivity index (χ1n) is 7.55. The molecule has 1 unspecified atom stereocenters. The van der Waals surface area contributed by atoms with Crippen molar-refractivity contribution >= 4 is 16.9 Å². The minimum absolute atomic E-state index is 0.0932. The Morgan fingerprint density at radius 1 is 1.50 bits per heavy atom. The van der Waals surface area contributed by atoms with Gasteiger partial charge in [-0.25, -0.2) is 4.79 Å². The van der Waals surface area contributed by atoms with Crippen molar-refractivity contribution in [3.8, 4) is 5.75 Å². The molecule has 1 atom stereocenters. The molecular weight excluding hydrogens is 284 g/mol. The first-order chi connectivity index (χ1) is 10.5. The van der Waals surface area contributed by atoms with Crippen molar-refractivity contribution in [2.75, 3.05) is 13.2 Å². The number of ether oxygens (including phenoxy) is 2. The molecular formula is C16H20N2O4. The number of hydrogen-bond donors (Lipinski definition) is 1. The molecule has 6 heteroatoms. The standard InChI is InChI=1S/C16H20N2O4/c1-10(2)22-15-7-14-11(6-13(15)16(19)20)8-18(17-14)12-4-3-5-21-9-12/h6-8,10,12H,3-5,9H2,1-2H3,(H,19,20).